The molecule has 17 heavy (non-hydrogen) atoms. The maximum absolute atomic E-state index is 12.1. The Morgan fingerprint density at radius 1 is 1.47 bits per heavy atom. The number of aromatic nitrogens is 2. The molecule has 0 saturated carbocycles. The number of nitrogens with zero attached hydrogens (tertiary/aromatic N) is 2. The van der Waals surface area contributed by atoms with E-state index < -0.39 is 0 Å². The van der Waals surface area contributed by atoms with Gasteiger partial charge in [0.1, 0.15) is 5.69 Å². The lowest BCUT2D eigenvalue weighted by atomic mass is 10.2. The summed E-state index contributed by atoms with van der Waals surface area (Å²) in [7, 11) is 1.71. The van der Waals surface area contributed by atoms with Gasteiger partial charge in [-0.15, -0.1) is 0 Å². The maximum Gasteiger partial charge on any atom is 0.278 e. The summed E-state index contributed by atoms with van der Waals surface area (Å²) in [6, 6.07) is 7.69. The summed E-state index contributed by atoms with van der Waals surface area (Å²) in [5, 5.41) is 6.34. The van der Waals surface area contributed by atoms with Crippen molar-refractivity contribution in [3.63, 3.8) is 0 Å². The fourth-order valence-corrected chi connectivity index (χ4v) is 1.59. The van der Waals surface area contributed by atoms with E-state index in [0.29, 0.717) is 11.4 Å². The molecule has 1 heterocycles. The molecule has 0 bridgehead atoms. The number of anilines is 2. The largest absolute Gasteiger partial charge is 0.396 e. The molecule has 2 aromatic rings. The van der Waals surface area contributed by atoms with Crippen LogP contribution in [0, 0.1) is 6.92 Å². The van der Waals surface area contributed by atoms with Crippen LogP contribution in [-0.4, -0.2) is 23.2 Å². The molecule has 0 unspecified atom stereocenters. The summed E-state index contributed by atoms with van der Waals surface area (Å²) in [6.07, 6.45) is 1.43. The van der Waals surface area contributed by atoms with Crippen LogP contribution < -0.4 is 10.6 Å². The monoisotopic (exact) mass is 230 g/mol. The first-order chi connectivity index (χ1) is 8.09. The van der Waals surface area contributed by atoms with Crippen LogP contribution in [0.4, 0.5) is 11.4 Å². The number of aromatic amines is 1. The number of amides is 1. The highest BCUT2D eigenvalue weighted by molar-refractivity contribution is 6.07. The second-order valence-corrected chi connectivity index (χ2v) is 3.90. The smallest absolute Gasteiger partial charge is 0.278 e. The molecule has 0 aliphatic heterocycles. The fraction of sp³-hybridized carbons (Fsp3) is 0.167. The number of hydrogen-bond acceptors (Lipinski definition) is 3. The Balaban J connectivity index is 2.30. The summed E-state index contributed by atoms with van der Waals surface area (Å²) < 4.78 is 0. The lowest BCUT2D eigenvalue weighted by Gasteiger charge is -2.17. The van der Waals surface area contributed by atoms with Crippen LogP contribution in [0.1, 0.15) is 16.1 Å². The molecule has 5 heteroatoms. The van der Waals surface area contributed by atoms with Crippen LogP contribution in [0.5, 0.6) is 0 Å². The van der Waals surface area contributed by atoms with Crippen molar-refractivity contribution in [3.05, 3.63) is 41.7 Å². The number of H-pyrrole nitrogens is 1. The van der Waals surface area contributed by atoms with Crippen molar-refractivity contribution in [2.24, 2.45) is 0 Å². The number of nitrogens with one attached hydrogen (secondary N) is 1. The molecular formula is C12H14N4O. The van der Waals surface area contributed by atoms with E-state index in [1.165, 1.54) is 11.1 Å². The molecule has 0 aliphatic rings. The molecular weight excluding hydrogens is 216 g/mol. The van der Waals surface area contributed by atoms with Gasteiger partial charge in [0.15, 0.2) is 0 Å². The minimum Gasteiger partial charge on any atom is -0.396 e. The topological polar surface area (TPSA) is 75.0 Å². The van der Waals surface area contributed by atoms with Gasteiger partial charge in [-0.1, -0.05) is 12.1 Å². The Morgan fingerprint density at radius 2 is 2.24 bits per heavy atom. The highest BCUT2D eigenvalue weighted by Gasteiger charge is 2.17. The SMILES string of the molecule is Cc1cccc(N(C)C(=O)c2[nH]ncc2N)c1. The number of benzene rings is 1. The molecule has 88 valence electrons. The first kappa shape index (κ1) is 11.2. The van der Waals surface area contributed by atoms with Gasteiger partial charge in [0.2, 0.25) is 0 Å². The minimum absolute atomic E-state index is 0.203. The third kappa shape index (κ3) is 2.13. The van der Waals surface area contributed by atoms with E-state index in [4.69, 9.17) is 5.73 Å². The molecule has 0 fully saturated rings. The second kappa shape index (κ2) is 4.29. The Labute approximate surface area is 99.2 Å². The van der Waals surface area contributed by atoms with Gasteiger partial charge in [-0.3, -0.25) is 9.89 Å². The van der Waals surface area contributed by atoms with Gasteiger partial charge in [0.05, 0.1) is 11.9 Å². The first-order valence-corrected chi connectivity index (χ1v) is 5.23. The van der Waals surface area contributed by atoms with Crippen LogP contribution in [0.3, 0.4) is 0 Å². The van der Waals surface area contributed by atoms with Crippen LogP contribution in [0.25, 0.3) is 0 Å². The lowest BCUT2D eigenvalue weighted by molar-refractivity contribution is 0.0989. The number of nitrogens with two attached hydrogens (primary N) is 1. The third-order valence-electron chi connectivity index (χ3n) is 2.58. The van der Waals surface area contributed by atoms with Crippen LogP contribution in [0.15, 0.2) is 30.5 Å². The molecule has 3 N–H and O–H groups in total. The zero-order valence-electron chi connectivity index (χ0n) is 9.77. The number of nitrogen functional groups attached to an aromatic ring is 1. The number of rotatable bonds is 2. The molecule has 1 amide bonds. The molecule has 1 aromatic carbocycles. The highest BCUT2D eigenvalue weighted by Crippen LogP contribution is 2.18. The summed E-state index contributed by atoms with van der Waals surface area (Å²) >= 11 is 0. The molecule has 0 saturated heterocycles. The quantitative estimate of drug-likeness (QED) is 0.822. The average molecular weight is 230 g/mol. The van der Waals surface area contributed by atoms with Crippen molar-refractivity contribution >= 4 is 17.3 Å². The van der Waals surface area contributed by atoms with Gasteiger partial charge >= 0.3 is 0 Å². The summed E-state index contributed by atoms with van der Waals surface area (Å²) in [5.74, 6) is -0.203. The molecule has 2 rings (SSSR count). The van der Waals surface area contributed by atoms with Crippen LogP contribution in [0.2, 0.25) is 0 Å². The first-order valence-electron chi connectivity index (χ1n) is 5.23. The third-order valence-corrected chi connectivity index (χ3v) is 2.58. The maximum atomic E-state index is 12.1. The van der Waals surface area contributed by atoms with E-state index in [9.17, 15) is 4.79 Å². The van der Waals surface area contributed by atoms with Gasteiger partial charge < -0.3 is 10.6 Å². The van der Waals surface area contributed by atoms with E-state index in [-0.39, 0.29) is 5.91 Å². The van der Waals surface area contributed by atoms with Crippen molar-refractivity contribution in [3.8, 4) is 0 Å². The predicted molar refractivity (Wildman–Crippen MR) is 66.9 cm³/mol. The summed E-state index contributed by atoms with van der Waals surface area (Å²) in [5.41, 5.74) is 8.24. The van der Waals surface area contributed by atoms with E-state index >= 15 is 0 Å². The van der Waals surface area contributed by atoms with E-state index in [1.54, 1.807) is 7.05 Å². The average Bonchev–Trinajstić information content (AvgIpc) is 2.73. The van der Waals surface area contributed by atoms with Crippen molar-refractivity contribution in [2.45, 2.75) is 6.92 Å². The number of carbonyl (C=O) groups is 1. The van der Waals surface area contributed by atoms with Crippen molar-refractivity contribution in [1.29, 1.82) is 0 Å². The molecule has 0 atom stereocenters. The lowest BCUT2D eigenvalue weighted by Crippen LogP contribution is -2.27. The van der Waals surface area contributed by atoms with Crippen molar-refractivity contribution in [2.75, 3.05) is 17.7 Å². The van der Waals surface area contributed by atoms with Gasteiger partial charge in [0, 0.05) is 12.7 Å². The molecule has 1 aromatic heterocycles. The summed E-state index contributed by atoms with van der Waals surface area (Å²) in [4.78, 5) is 13.7. The molecule has 5 nitrogen and oxygen atoms in total. The summed E-state index contributed by atoms with van der Waals surface area (Å²) in [6.45, 7) is 1.98. The fourth-order valence-electron chi connectivity index (χ4n) is 1.59. The van der Waals surface area contributed by atoms with Crippen molar-refractivity contribution in [1.82, 2.24) is 10.2 Å². The van der Waals surface area contributed by atoms with E-state index in [0.717, 1.165) is 11.3 Å². The van der Waals surface area contributed by atoms with Gasteiger partial charge in [-0.05, 0) is 24.6 Å². The van der Waals surface area contributed by atoms with Gasteiger partial charge in [0.25, 0.3) is 5.91 Å². The predicted octanol–water partition coefficient (Wildman–Crippen LogP) is 1.58. The van der Waals surface area contributed by atoms with E-state index in [2.05, 4.69) is 10.2 Å². The van der Waals surface area contributed by atoms with Crippen molar-refractivity contribution < 1.29 is 4.79 Å². The van der Waals surface area contributed by atoms with E-state index in [1.807, 2.05) is 31.2 Å². The zero-order chi connectivity index (χ0) is 12.4. The Bertz CT molecular complexity index is 547. The van der Waals surface area contributed by atoms with Crippen LogP contribution in [-0.2, 0) is 0 Å². The molecule has 0 spiro atoms. The Kier molecular flexibility index (Phi) is 2.82. The zero-order valence-corrected chi connectivity index (χ0v) is 9.77. The highest BCUT2D eigenvalue weighted by atomic mass is 16.2. The second-order valence-electron chi connectivity index (χ2n) is 3.90. The molecule has 0 aliphatic carbocycles. The number of carbonyl (C=O) groups excluding carboxylic acids is 1. The van der Waals surface area contributed by atoms with Crippen LogP contribution >= 0.6 is 0 Å². The van der Waals surface area contributed by atoms with Gasteiger partial charge in [-0.25, -0.2) is 0 Å². The normalized spacial score (nSPS) is 10.2. The Morgan fingerprint density at radius 3 is 2.82 bits per heavy atom. The van der Waals surface area contributed by atoms with Gasteiger partial charge in [-0.2, -0.15) is 5.10 Å². The minimum atomic E-state index is -0.203. The standard InChI is InChI=1S/C12H14N4O/c1-8-4-3-5-9(6-8)16(2)12(17)11-10(13)7-14-15-11/h3-7H,13H2,1-2H3,(H,14,15). The molecule has 0 radical (unpaired) electrons. The number of hydrogen-bond donors (Lipinski definition) is 2. The Hall–Kier alpha value is -2.30. The number of aryl methyl sites for hydroxylation is 1.